The molecular formula is C33H47N3O4S. The summed E-state index contributed by atoms with van der Waals surface area (Å²) in [6, 6.07) is 8.72. The highest BCUT2D eigenvalue weighted by Gasteiger charge is 2.76. The van der Waals surface area contributed by atoms with Gasteiger partial charge >= 0.3 is 0 Å². The SMILES string of the molecule is C=CCN(C(=O)[C@@H]1[C@@H]2CC(C)C3(S2)C(C(=O)N(CC=C)C(C)(C)CC(C)(C)C)N(CCO)C(=O)[C@H]13)c1ccccc1. The number of β-amino-alcohol motifs (C(OH)–C–C–N with tert-alkyl or cyclic N) is 1. The molecule has 1 N–H and O–H groups in total. The summed E-state index contributed by atoms with van der Waals surface area (Å²) in [5, 5.41) is 9.98. The molecule has 1 spiro atoms. The number of fused-ring (bicyclic) bond motifs is 1. The quantitative estimate of drug-likeness (QED) is 0.381. The molecule has 3 fully saturated rings. The van der Waals surface area contributed by atoms with Crippen LogP contribution in [0.25, 0.3) is 0 Å². The Kier molecular flexibility index (Phi) is 8.87. The molecule has 2 bridgehead atoms. The fourth-order valence-corrected chi connectivity index (χ4v) is 10.4. The molecule has 4 rings (SSSR count). The lowest BCUT2D eigenvalue weighted by Gasteiger charge is -2.47. The van der Waals surface area contributed by atoms with Crippen LogP contribution < -0.4 is 4.90 Å². The molecule has 3 heterocycles. The molecule has 0 saturated carbocycles. The lowest BCUT2D eigenvalue weighted by molar-refractivity contribution is -0.147. The van der Waals surface area contributed by atoms with Crippen molar-refractivity contribution < 1.29 is 19.5 Å². The Bertz CT molecular complexity index is 1180. The van der Waals surface area contributed by atoms with Crippen LogP contribution in [0.3, 0.4) is 0 Å². The Labute approximate surface area is 250 Å². The van der Waals surface area contributed by atoms with Gasteiger partial charge in [-0.05, 0) is 50.2 Å². The maximum atomic E-state index is 14.8. The second-order valence-corrected chi connectivity index (χ2v) is 15.2. The number of para-hydroxylation sites is 1. The van der Waals surface area contributed by atoms with E-state index >= 15 is 0 Å². The number of aliphatic hydroxyl groups excluding tert-OH is 1. The molecule has 3 amide bonds. The summed E-state index contributed by atoms with van der Waals surface area (Å²) in [4.78, 5) is 48.6. The molecular weight excluding hydrogens is 534 g/mol. The van der Waals surface area contributed by atoms with E-state index < -0.39 is 28.2 Å². The molecule has 0 radical (unpaired) electrons. The molecule has 3 unspecified atom stereocenters. The normalized spacial score (nSPS) is 28.9. The van der Waals surface area contributed by atoms with Gasteiger partial charge in [0.25, 0.3) is 0 Å². The number of hydrogen-bond acceptors (Lipinski definition) is 5. The van der Waals surface area contributed by atoms with Crippen molar-refractivity contribution in [2.24, 2.45) is 23.2 Å². The molecule has 224 valence electrons. The van der Waals surface area contributed by atoms with Crippen molar-refractivity contribution in [1.29, 1.82) is 0 Å². The summed E-state index contributed by atoms with van der Waals surface area (Å²) in [7, 11) is 0. The number of anilines is 1. The van der Waals surface area contributed by atoms with Crippen molar-refractivity contribution in [3.05, 3.63) is 55.6 Å². The third-order valence-electron chi connectivity index (χ3n) is 9.02. The maximum Gasteiger partial charge on any atom is 0.247 e. The number of aliphatic hydroxyl groups is 1. The van der Waals surface area contributed by atoms with Gasteiger partial charge in [0.05, 0.1) is 23.2 Å². The van der Waals surface area contributed by atoms with Crippen LogP contribution in [0.1, 0.15) is 54.4 Å². The van der Waals surface area contributed by atoms with E-state index in [1.54, 1.807) is 33.7 Å². The van der Waals surface area contributed by atoms with Crippen LogP contribution in [0.5, 0.6) is 0 Å². The van der Waals surface area contributed by atoms with Gasteiger partial charge in [-0.15, -0.1) is 24.9 Å². The van der Waals surface area contributed by atoms with E-state index in [0.717, 1.165) is 18.5 Å². The molecule has 0 aliphatic carbocycles. The smallest absolute Gasteiger partial charge is 0.247 e. The first-order valence-corrected chi connectivity index (χ1v) is 15.6. The number of nitrogens with zero attached hydrogens (tertiary/aromatic N) is 3. The Balaban J connectivity index is 1.79. The van der Waals surface area contributed by atoms with Gasteiger partial charge in [0.15, 0.2) is 0 Å². The molecule has 6 atom stereocenters. The van der Waals surface area contributed by atoms with Crippen LogP contribution in [0.4, 0.5) is 5.69 Å². The number of benzene rings is 1. The predicted molar refractivity (Wildman–Crippen MR) is 167 cm³/mol. The monoisotopic (exact) mass is 581 g/mol. The Morgan fingerprint density at radius 1 is 1.10 bits per heavy atom. The minimum Gasteiger partial charge on any atom is -0.395 e. The zero-order valence-electron chi connectivity index (χ0n) is 25.5. The maximum absolute atomic E-state index is 14.8. The lowest BCUT2D eigenvalue weighted by atomic mass is 9.65. The Hall–Kier alpha value is -2.58. The van der Waals surface area contributed by atoms with E-state index in [-0.39, 0.29) is 47.5 Å². The molecule has 0 aromatic heterocycles. The summed E-state index contributed by atoms with van der Waals surface area (Å²) >= 11 is 1.66. The minimum absolute atomic E-state index is 0.0300. The van der Waals surface area contributed by atoms with Crippen LogP contribution in [0, 0.1) is 23.2 Å². The van der Waals surface area contributed by atoms with E-state index in [1.165, 1.54) is 0 Å². The number of likely N-dealkylation sites (tertiary alicyclic amines) is 1. The molecule has 8 heteroatoms. The van der Waals surface area contributed by atoms with Gasteiger partial charge in [0.1, 0.15) is 6.04 Å². The second kappa shape index (κ2) is 11.6. The van der Waals surface area contributed by atoms with Gasteiger partial charge in [0.2, 0.25) is 17.7 Å². The van der Waals surface area contributed by atoms with Crippen molar-refractivity contribution in [3.63, 3.8) is 0 Å². The van der Waals surface area contributed by atoms with Gasteiger partial charge in [0, 0.05) is 36.1 Å². The summed E-state index contributed by atoms with van der Waals surface area (Å²) in [5.41, 5.74) is 0.233. The van der Waals surface area contributed by atoms with Crippen LogP contribution in [-0.4, -0.2) is 80.4 Å². The zero-order valence-corrected chi connectivity index (χ0v) is 26.3. The third-order valence-corrected chi connectivity index (χ3v) is 11.1. The summed E-state index contributed by atoms with van der Waals surface area (Å²) in [5.74, 6) is -1.57. The summed E-state index contributed by atoms with van der Waals surface area (Å²) in [6.45, 7) is 21.0. The third kappa shape index (κ3) is 5.38. The van der Waals surface area contributed by atoms with E-state index in [2.05, 4.69) is 54.7 Å². The first kappa shape index (κ1) is 31.4. The average molecular weight is 582 g/mol. The fourth-order valence-electron chi connectivity index (χ4n) is 7.97. The van der Waals surface area contributed by atoms with E-state index in [4.69, 9.17) is 0 Å². The number of rotatable bonds is 11. The standard InChI is InChI=1S/C33H47N3O4S/c1-9-16-34(23-14-12-11-13-15-23)28(38)25-24-20-22(3)33(41-24)26(25)29(39)35(18-19-37)27(33)30(40)36(17-10-2)32(7,8)21-31(4,5)6/h9-15,22,24-27,37H,1-2,16-21H2,3-8H3/t22?,24-,25+,26-,27?,33?/m0/s1. The number of carbonyl (C=O) groups excluding carboxylic acids is 3. The molecule has 3 saturated heterocycles. The zero-order chi connectivity index (χ0) is 30.3. The fraction of sp³-hybridized carbons (Fsp3) is 0.606. The number of thioether (sulfide) groups is 1. The molecule has 3 aliphatic heterocycles. The number of hydrogen-bond donors (Lipinski definition) is 1. The van der Waals surface area contributed by atoms with E-state index in [0.29, 0.717) is 13.1 Å². The van der Waals surface area contributed by atoms with Crippen molar-refractivity contribution >= 4 is 35.2 Å². The minimum atomic E-state index is -0.765. The first-order valence-electron chi connectivity index (χ1n) is 14.7. The highest BCUT2D eigenvalue weighted by atomic mass is 32.2. The Morgan fingerprint density at radius 3 is 2.29 bits per heavy atom. The lowest BCUT2D eigenvalue weighted by Crippen LogP contribution is -2.61. The molecule has 1 aromatic rings. The average Bonchev–Trinajstić information content (AvgIpc) is 3.48. The van der Waals surface area contributed by atoms with Crippen molar-refractivity contribution in [1.82, 2.24) is 9.80 Å². The first-order chi connectivity index (χ1) is 19.2. The van der Waals surface area contributed by atoms with Crippen LogP contribution in [-0.2, 0) is 14.4 Å². The van der Waals surface area contributed by atoms with Gasteiger partial charge in [-0.25, -0.2) is 0 Å². The predicted octanol–water partition coefficient (Wildman–Crippen LogP) is 4.76. The van der Waals surface area contributed by atoms with E-state index in [1.807, 2.05) is 35.2 Å². The molecule has 41 heavy (non-hydrogen) atoms. The van der Waals surface area contributed by atoms with E-state index in [9.17, 15) is 19.5 Å². The Morgan fingerprint density at radius 2 is 1.73 bits per heavy atom. The van der Waals surface area contributed by atoms with Crippen molar-refractivity contribution in [3.8, 4) is 0 Å². The number of carbonyl (C=O) groups is 3. The number of amides is 3. The highest BCUT2D eigenvalue weighted by Crippen LogP contribution is 2.69. The molecule has 7 nitrogen and oxygen atoms in total. The van der Waals surface area contributed by atoms with Crippen molar-refractivity contribution in [2.75, 3.05) is 31.1 Å². The topological polar surface area (TPSA) is 81.2 Å². The summed E-state index contributed by atoms with van der Waals surface area (Å²) < 4.78 is -0.748. The molecule has 3 aliphatic rings. The van der Waals surface area contributed by atoms with Gasteiger partial charge in [-0.2, -0.15) is 0 Å². The van der Waals surface area contributed by atoms with Gasteiger partial charge in [-0.1, -0.05) is 58.0 Å². The molecule has 1 aromatic carbocycles. The van der Waals surface area contributed by atoms with Crippen molar-refractivity contribution in [2.45, 2.75) is 76.0 Å². The van der Waals surface area contributed by atoms with Crippen LogP contribution in [0.15, 0.2) is 55.6 Å². The van der Waals surface area contributed by atoms with Gasteiger partial charge < -0.3 is 19.8 Å². The van der Waals surface area contributed by atoms with Crippen LogP contribution in [0.2, 0.25) is 0 Å². The second-order valence-electron chi connectivity index (χ2n) is 13.7. The highest BCUT2D eigenvalue weighted by molar-refractivity contribution is 8.02. The summed E-state index contributed by atoms with van der Waals surface area (Å²) in [6.07, 6.45) is 4.96. The van der Waals surface area contributed by atoms with Gasteiger partial charge in [-0.3, -0.25) is 14.4 Å². The largest absolute Gasteiger partial charge is 0.395 e. The van der Waals surface area contributed by atoms with Crippen LogP contribution >= 0.6 is 11.8 Å².